The fourth-order valence-electron chi connectivity index (χ4n) is 3.98. The second kappa shape index (κ2) is 10.3. The van der Waals surface area contributed by atoms with Crippen LogP contribution in [-0.2, 0) is 11.3 Å². The Morgan fingerprint density at radius 1 is 1.23 bits per heavy atom. The van der Waals surface area contributed by atoms with Crippen LogP contribution >= 0.6 is 0 Å². The van der Waals surface area contributed by atoms with Gasteiger partial charge in [0.15, 0.2) is 0 Å². The summed E-state index contributed by atoms with van der Waals surface area (Å²) in [4.78, 5) is 31.6. The number of alkyl halides is 3. The van der Waals surface area contributed by atoms with Gasteiger partial charge >= 0.3 is 12.1 Å². The second-order valence-corrected chi connectivity index (χ2v) is 8.83. The van der Waals surface area contributed by atoms with E-state index in [1.807, 2.05) is 12.1 Å². The summed E-state index contributed by atoms with van der Waals surface area (Å²) < 4.78 is 36.9. The molecule has 1 fully saturated rings. The lowest BCUT2D eigenvalue weighted by Gasteiger charge is -2.31. The quantitative estimate of drug-likeness (QED) is 0.497. The second-order valence-electron chi connectivity index (χ2n) is 8.83. The summed E-state index contributed by atoms with van der Waals surface area (Å²) >= 11 is 0. The highest BCUT2D eigenvalue weighted by Gasteiger charge is 2.39. The van der Waals surface area contributed by atoms with E-state index in [0.717, 1.165) is 30.5 Å². The lowest BCUT2D eigenvalue weighted by atomic mass is 9.99. The Balaban J connectivity index is 0.000000429. The predicted octanol–water partition coefficient (Wildman–Crippen LogP) is 3.99. The molecule has 3 heterocycles. The fourth-order valence-corrected chi connectivity index (χ4v) is 3.98. The molecule has 1 aliphatic rings. The van der Waals surface area contributed by atoms with E-state index in [-0.39, 0.29) is 17.5 Å². The molecule has 188 valence electrons. The van der Waals surface area contributed by atoms with Gasteiger partial charge < -0.3 is 20.1 Å². The zero-order valence-electron chi connectivity index (χ0n) is 19.5. The Kier molecular flexibility index (Phi) is 7.69. The molecule has 35 heavy (non-hydrogen) atoms. The van der Waals surface area contributed by atoms with E-state index in [4.69, 9.17) is 14.6 Å². The first-order chi connectivity index (χ1) is 16.4. The number of benzene rings is 1. The number of H-pyrrole nitrogens is 1. The van der Waals surface area contributed by atoms with Gasteiger partial charge in [-0.3, -0.25) is 9.69 Å². The van der Waals surface area contributed by atoms with Crippen LogP contribution in [0.4, 0.5) is 13.2 Å². The van der Waals surface area contributed by atoms with Crippen LogP contribution in [0.25, 0.3) is 11.0 Å². The average molecular weight is 492 g/mol. The number of carbonyl (C=O) groups is 2. The fraction of sp³-hybridized carbons (Fsp3) is 0.375. The van der Waals surface area contributed by atoms with E-state index in [1.54, 1.807) is 19.2 Å². The standard InChI is InChI=1S/C22H26N4O2.C2HF3O2/c1-22(2)12-16(14-26(22)13-15-7-5-4-6-8-15)23-21(27)19-11-18-17(24-19)9-10-20(25-18)28-3;3-2(4,5)1(6)7/h4-11,16,24H,12-14H2,1-3H3,(H,23,27);(H,6,7). The van der Waals surface area contributed by atoms with Gasteiger partial charge in [-0.1, -0.05) is 30.3 Å². The highest BCUT2D eigenvalue weighted by Crippen LogP contribution is 2.30. The van der Waals surface area contributed by atoms with Gasteiger partial charge in [-0.05, 0) is 38.0 Å². The van der Waals surface area contributed by atoms with Gasteiger partial charge in [-0.15, -0.1) is 0 Å². The number of nitrogens with one attached hydrogen (secondary N) is 2. The van der Waals surface area contributed by atoms with Crippen LogP contribution in [0.1, 0.15) is 36.3 Å². The van der Waals surface area contributed by atoms with Crippen molar-refractivity contribution in [2.45, 2.75) is 44.6 Å². The SMILES string of the molecule is COc1ccc2[nH]c(C(=O)NC3CN(Cc4ccccc4)C(C)(C)C3)cc2n1.O=C(O)C(F)(F)F. The van der Waals surface area contributed by atoms with Crippen LogP contribution in [0.3, 0.4) is 0 Å². The number of ether oxygens (including phenoxy) is 1. The van der Waals surface area contributed by atoms with Crippen molar-refractivity contribution < 1.29 is 32.6 Å². The highest BCUT2D eigenvalue weighted by molar-refractivity contribution is 5.97. The summed E-state index contributed by atoms with van der Waals surface area (Å²) in [6.07, 6.45) is -4.17. The number of methoxy groups -OCH3 is 1. The smallest absolute Gasteiger partial charge is 0.481 e. The Morgan fingerprint density at radius 3 is 2.49 bits per heavy atom. The molecule has 0 radical (unpaired) electrons. The Hall–Kier alpha value is -3.60. The number of halogens is 3. The van der Waals surface area contributed by atoms with Crippen LogP contribution in [0, 0.1) is 0 Å². The number of fused-ring (bicyclic) bond motifs is 1. The highest BCUT2D eigenvalue weighted by atomic mass is 19.4. The van der Waals surface area contributed by atoms with Crippen molar-refractivity contribution in [1.29, 1.82) is 0 Å². The van der Waals surface area contributed by atoms with Crippen molar-refractivity contribution in [1.82, 2.24) is 20.2 Å². The normalized spacial score (nSPS) is 17.5. The predicted molar refractivity (Wildman–Crippen MR) is 123 cm³/mol. The first kappa shape index (κ1) is 26.0. The number of nitrogens with zero attached hydrogens (tertiary/aromatic N) is 2. The Morgan fingerprint density at radius 2 is 1.89 bits per heavy atom. The minimum Gasteiger partial charge on any atom is -0.481 e. The summed E-state index contributed by atoms with van der Waals surface area (Å²) in [5, 5.41) is 10.3. The molecular weight excluding hydrogens is 465 g/mol. The van der Waals surface area contributed by atoms with Gasteiger partial charge in [0.2, 0.25) is 5.88 Å². The van der Waals surface area contributed by atoms with E-state index in [9.17, 15) is 18.0 Å². The third-order valence-corrected chi connectivity index (χ3v) is 5.74. The zero-order valence-corrected chi connectivity index (χ0v) is 19.5. The molecule has 3 N–H and O–H groups in total. The molecule has 11 heteroatoms. The van der Waals surface area contributed by atoms with Crippen molar-refractivity contribution in [3.8, 4) is 5.88 Å². The molecule has 0 aliphatic carbocycles. The van der Waals surface area contributed by atoms with Crippen LogP contribution < -0.4 is 10.1 Å². The first-order valence-corrected chi connectivity index (χ1v) is 10.8. The maximum atomic E-state index is 12.8. The first-order valence-electron chi connectivity index (χ1n) is 10.8. The monoisotopic (exact) mass is 492 g/mol. The van der Waals surface area contributed by atoms with Gasteiger partial charge in [0.05, 0.1) is 18.1 Å². The Labute approximate surface area is 200 Å². The molecule has 0 spiro atoms. The number of hydrogen-bond acceptors (Lipinski definition) is 5. The number of rotatable bonds is 5. The number of hydrogen-bond donors (Lipinski definition) is 3. The van der Waals surface area contributed by atoms with Crippen LogP contribution in [-0.4, -0.2) is 63.3 Å². The van der Waals surface area contributed by atoms with Crippen molar-refractivity contribution >= 4 is 22.9 Å². The third-order valence-electron chi connectivity index (χ3n) is 5.74. The molecule has 1 atom stereocenters. The topological polar surface area (TPSA) is 108 Å². The van der Waals surface area contributed by atoms with E-state index in [0.29, 0.717) is 11.6 Å². The molecule has 1 amide bonds. The molecule has 4 rings (SSSR count). The number of likely N-dealkylation sites (tertiary alicyclic amines) is 1. The largest absolute Gasteiger partial charge is 0.490 e. The van der Waals surface area contributed by atoms with Crippen LogP contribution in [0.15, 0.2) is 48.5 Å². The number of carbonyl (C=O) groups excluding carboxylic acids is 1. The third kappa shape index (κ3) is 6.72. The summed E-state index contributed by atoms with van der Waals surface area (Å²) in [6.45, 7) is 6.19. The molecule has 0 saturated carbocycles. The lowest BCUT2D eigenvalue weighted by Crippen LogP contribution is -2.38. The number of amides is 1. The zero-order chi connectivity index (χ0) is 25.8. The van der Waals surface area contributed by atoms with Gasteiger partial charge in [-0.2, -0.15) is 13.2 Å². The molecule has 0 bridgehead atoms. The summed E-state index contributed by atoms with van der Waals surface area (Å²) in [7, 11) is 1.58. The van der Waals surface area contributed by atoms with E-state index >= 15 is 0 Å². The van der Waals surface area contributed by atoms with Gasteiger partial charge in [0, 0.05) is 30.7 Å². The summed E-state index contributed by atoms with van der Waals surface area (Å²) in [5.74, 6) is -2.32. The van der Waals surface area contributed by atoms with Crippen molar-refractivity contribution in [2.75, 3.05) is 13.7 Å². The summed E-state index contributed by atoms with van der Waals surface area (Å²) in [5.41, 5.74) is 3.39. The van der Waals surface area contributed by atoms with Gasteiger partial charge in [0.1, 0.15) is 5.69 Å². The van der Waals surface area contributed by atoms with Gasteiger partial charge in [-0.25, -0.2) is 9.78 Å². The molecule has 3 aromatic rings. The Bertz CT molecular complexity index is 1180. The van der Waals surface area contributed by atoms with Crippen molar-refractivity contribution in [3.05, 3.63) is 59.8 Å². The minimum absolute atomic E-state index is 0.0309. The maximum absolute atomic E-state index is 12.8. The lowest BCUT2D eigenvalue weighted by molar-refractivity contribution is -0.192. The van der Waals surface area contributed by atoms with Gasteiger partial charge in [0.25, 0.3) is 5.91 Å². The summed E-state index contributed by atoms with van der Waals surface area (Å²) in [6, 6.07) is 16.0. The maximum Gasteiger partial charge on any atom is 0.490 e. The van der Waals surface area contributed by atoms with Crippen LogP contribution in [0.2, 0.25) is 0 Å². The van der Waals surface area contributed by atoms with E-state index in [2.05, 4.69) is 58.3 Å². The molecule has 1 unspecified atom stereocenters. The number of aromatic amines is 1. The number of carboxylic acid groups (broad SMARTS) is 1. The van der Waals surface area contributed by atoms with E-state index < -0.39 is 12.1 Å². The molecular formula is C24H27F3N4O4. The average Bonchev–Trinajstić information content (AvgIpc) is 3.33. The molecule has 1 saturated heterocycles. The number of aromatic nitrogens is 2. The number of pyridine rings is 1. The van der Waals surface area contributed by atoms with Crippen LogP contribution in [0.5, 0.6) is 5.88 Å². The van der Waals surface area contributed by atoms with Crippen molar-refractivity contribution in [2.24, 2.45) is 0 Å². The molecule has 2 aromatic heterocycles. The minimum atomic E-state index is -5.08. The van der Waals surface area contributed by atoms with E-state index in [1.165, 1.54) is 5.56 Å². The number of carboxylic acids is 1. The number of aliphatic carboxylic acids is 1. The molecule has 8 nitrogen and oxygen atoms in total. The van der Waals surface area contributed by atoms with Crippen molar-refractivity contribution in [3.63, 3.8) is 0 Å². The molecule has 1 aliphatic heterocycles. The molecule has 1 aromatic carbocycles.